The van der Waals surface area contributed by atoms with Gasteiger partial charge in [0.05, 0.1) is 11.6 Å². The number of amides is 1. The molecule has 0 aliphatic heterocycles. The first kappa shape index (κ1) is 18.2. The van der Waals surface area contributed by atoms with Gasteiger partial charge in [-0.1, -0.05) is 30.9 Å². The Hall–Kier alpha value is -2.13. The van der Waals surface area contributed by atoms with E-state index in [0.717, 1.165) is 19.3 Å². The van der Waals surface area contributed by atoms with Gasteiger partial charge in [0.1, 0.15) is 10.7 Å². The molecule has 0 radical (unpaired) electrons. The van der Waals surface area contributed by atoms with Crippen LogP contribution in [-0.4, -0.2) is 29.0 Å². The third kappa shape index (κ3) is 4.24. The van der Waals surface area contributed by atoms with E-state index in [1.807, 2.05) is 0 Å². The van der Waals surface area contributed by atoms with Crippen molar-refractivity contribution in [3.63, 3.8) is 0 Å². The second kappa shape index (κ2) is 7.63. The summed E-state index contributed by atoms with van der Waals surface area (Å²) >= 11 is 5.99. The number of aryl methyl sites for hydroxylation is 2. The van der Waals surface area contributed by atoms with Gasteiger partial charge in [-0.25, -0.2) is 9.78 Å². The molecule has 1 amide bonds. The van der Waals surface area contributed by atoms with Crippen LogP contribution in [0.2, 0.25) is 5.15 Å². The maximum atomic E-state index is 12.2. The van der Waals surface area contributed by atoms with Crippen molar-refractivity contribution in [1.29, 1.82) is 5.26 Å². The molecule has 0 saturated heterocycles. The molecule has 0 aromatic carbocycles. The number of carbonyl (C=O) groups excluding carboxylic acids is 2. The van der Waals surface area contributed by atoms with Gasteiger partial charge in [-0.15, -0.1) is 0 Å². The van der Waals surface area contributed by atoms with E-state index in [1.54, 1.807) is 19.9 Å². The molecule has 1 aliphatic rings. The quantitative estimate of drug-likeness (QED) is 0.666. The van der Waals surface area contributed by atoms with Crippen molar-refractivity contribution in [3.05, 3.63) is 28.0 Å². The maximum absolute atomic E-state index is 12.2. The molecular formula is C17H20ClN3O3. The van der Waals surface area contributed by atoms with Gasteiger partial charge < -0.3 is 10.1 Å². The molecule has 0 atom stereocenters. The predicted molar refractivity (Wildman–Crippen MR) is 88.6 cm³/mol. The summed E-state index contributed by atoms with van der Waals surface area (Å²) in [5, 5.41) is 12.1. The summed E-state index contributed by atoms with van der Waals surface area (Å²) in [4.78, 5) is 28.2. The van der Waals surface area contributed by atoms with Crippen LogP contribution in [0.5, 0.6) is 0 Å². The van der Waals surface area contributed by atoms with Crippen LogP contribution in [0, 0.1) is 25.2 Å². The molecule has 1 saturated carbocycles. The zero-order chi connectivity index (χ0) is 17.7. The fourth-order valence-corrected chi connectivity index (χ4v) is 3.32. The summed E-state index contributed by atoms with van der Waals surface area (Å²) in [5.74, 6) is -1.18. The normalized spacial score (nSPS) is 16.1. The molecule has 24 heavy (non-hydrogen) atoms. The summed E-state index contributed by atoms with van der Waals surface area (Å²) in [5.41, 5.74) is 0.641. The topological polar surface area (TPSA) is 92.1 Å². The average Bonchev–Trinajstić information content (AvgIpc) is 2.53. The Kier molecular flexibility index (Phi) is 5.79. The molecule has 1 aliphatic carbocycles. The summed E-state index contributed by atoms with van der Waals surface area (Å²) in [6.07, 6.45) is 4.10. The Morgan fingerprint density at radius 1 is 1.38 bits per heavy atom. The van der Waals surface area contributed by atoms with Crippen molar-refractivity contribution in [2.75, 3.05) is 6.61 Å². The number of nitriles is 1. The fraction of sp³-hybridized carbons (Fsp3) is 0.529. The Morgan fingerprint density at radius 2 is 2.04 bits per heavy atom. The summed E-state index contributed by atoms with van der Waals surface area (Å²) < 4.78 is 5.04. The minimum absolute atomic E-state index is 0.0543. The monoisotopic (exact) mass is 349 g/mol. The number of pyridine rings is 1. The van der Waals surface area contributed by atoms with Crippen LogP contribution >= 0.6 is 11.6 Å². The predicted octanol–water partition coefficient (Wildman–Crippen LogP) is 2.85. The molecule has 1 aromatic rings. The number of rotatable bonds is 4. The van der Waals surface area contributed by atoms with Crippen LogP contribution < -0.4 is 5.32 Å². The van der Waals surface area contributed by atoms with E-state index in [4.69, 9.17) is 16.3 Å². The van der Waals surface area contributed by atoms with Crippen molar-refractivity contribution in [2.24, 2.45) is 0 Å². The number of hydrogen-bond donors (Lipinski definition) is 1. The first-order valence-corrected chi connectivity index (χ1v) is 8.28. The largest absolute Gasteiger partial charge is 0.452 e. The van der Waals surface area contributed by atoms with Crippen molar-refractivity contribution in [1.82, 2.24) is 10.3 Å². The van der Waals surface area contributed by atoms with Crippen LogP contribution in [0.15, 0.2) is 6.07 Å². The number of nitrogens with zero attached hydrogens (tertiary/aromatic N) is 2. The van der Waals surface area contributed by atoms with Crippen molar-refractivity contribution < 1.29 is 14.3 Å². The smallest absolute Gasteiger partial charge is 0.342 e. The van der Waals surface area contributed by atoms with Crippen LogP contribution in [-0.2, 0) is 9.53 Å². The number of nitrogens with one attached hydrogen (secondary N) is 1. The lowest BCUT2D eigenvalue weighted by Gasteiger charge is -2.31. The standard InChI is InChI=1S/C17H20ClN3O3/c1-11-8-12(2)20-15(18)14(11)16(23)24-9-13(22)21-17(10-19)6-4-3-5-7-17/h8H,3-7,9H2,1-2H3,(H,21,22). The maximum Gasteiger partial charge on any atom is 0.342 e. The van der Waals surface area contributed by atoms with Crippen molar-refractivity contribution >= 4 is 23.5 Å². The summed E-state index contributed by atoms with van der Waals surface area (Å²) in [7, 11) is 0. The molecule has 1 fully saturated rings. The lowest BCUT2D eigenvalue weighted by molar-refractivity contribution is -0.125. The van der Waals surface area contributed by atoms with Gasteiger partial charge in [0.15, 0.2) is 6.61 Å². The number of halogens is 1. The third-order valence-electron chi connectivity index (χ3n) is 4.14. The lowest BCUT2D eigenvalue weighted by atomic mass is 9.83. The second-order valence-corrected chi connectivity index (χ2v) is 6.48. The third-order valence-corrected chi connectivity index (χ3v) is 4.41. The van der Waals surface area contributed by atoms with E-state index in [0.29, 0.717) is 24.1 Å². The van der Waals surface area contributed by atoms with E-state index >= 15 is 0 Å². The fourth-order valence-electron chi connectivity index (χ4n) is 2.96. The molecule has 0 bridgehead atoms. The lowest BCUT2D eigenvalue weighted by Crippen LogP contribution is -2.50. The average molecular weight is 350 g/mol. The van der Waals surface area contributed by atoms with E-state index < -0.39 is 24.0 Å². The zero-order valence-electron chi connectivity index (χ0n) is 13.8. The van der Waals surface area contributed by atoms with E-state index in [9.17, 15) is 14.9 Å². The highest BCUT2D eigenvalue weighted by molar-refractivity contribution is 6.32. The van der Waals surface area contributed by atoms with Gasteiger partial charge in [0.25, 0.3) is 5.91 Å². The molecule has 6 nitrogen and oxygen atoms in total. The molecule has 1 heterocycles. The van der Waals surface area contributed by atoms with Crippen LogP contribution in [0.25, 0.3) is 0 Å². The molecular weight excluding hydrogens is 330 g/mol. The molecule has 0 unspecified atom stereocenters. The minimum Gasteiger partial charge on any atom is -0.452 e. The van der Waals surface area contributed by atoms with Gasteiger partial charge >= 0.3 is 5.97 Å². The summed E-state index contributed by atoms with van der Waals surface area (Å²) in [6, 6.07) is 3.91. The van der Waals surface area contributed by atoms with Crippen LogP contribution in [0.4, 0.5) is 0 Å². The highest BCUT2D eigenvalue weighted by Gasteiger charge is 2.33. The summed E-state index contributed by atoms with van der Waals surface area (Å²) in [6.45, 7) is 3.04. The molecule has 0 spiro atoms. The Labute approximate surface area is 146 Å². The van der Waals surface area contributed by atoms with Crippen molar-refractivity contribution in [3.8, 4) is 6.07 Å². The zero-order valence-corrected chi connectivity index (χ0v) is 14.6. The van der Waals surface area contributed by atoms with Crippen LogP contribution in [0.3, 0.4) is 0 Å². The molecule has 1 N–H and O–H groups in total. The van der Waals surface area contributed by atoms with Gasteiger partial charge in [0, 0.05) is 5.69 Å². The van der Waals surface area contributed by atoms with Gasteiger partial charge in [-0.05, 0) is 38.3 Å². The Morgan fingerprint density at radius 3 is 2.62 bits per heavy atom. The number of aromatic nitrogens is 1. The van der Waals surface area contributed by atoms with E-state index in [-0.39, 0.29) is 10.7 Å². The molecule has 128 valence electrons. The first-order valence-electron chi connectivity index (χ1n) is 7.90. The number of esters is 1. The van der Waals surface area contributed by atoms with Gasteiger partial charge in [-0.3, -0.25) is 4.79 Å². The van der Waals surface area contributed by atoms with Gasteiger partial charge in [0.2, 0.25) is 0 Å². The molecule has 7 heteroatoms. The molecule has 1 aromatic heterocycles. The number of ether oxygens (including phenoxy) is 1. The van der Waals surface area contributed by atoms with Crippen molar-refractivity contribution in [2.45, 2.75) is 51.5 Å². The second-order valence-electron chi connectivity index (χ2n) is 6.13. The highest BCUT2D eigenvalue weighted by Crippen LogP contribution is 2.27. The SMILES string of the molecule is Cc1cc(C)c(C(=O)OCC(=O)NC2(C#N)CCCCC2)c(Cl)n1. The first-order chi connectivity index (χ1) is 11.4. The highest BCUT2D eigenvalue weighted by atomic mass is 35.5. The Bertz CT molecular complexity index is 668. The van der Waals surface area contributed by atoms with Gasteiger partial charge in [-0.2, -0.15) is 5.26 Å². The number of carbonyl (C=O) groups is 2. The number of hydrogen-bond acceptors (Lipinski definition) is 5. The molecule has 2 rings (SSSR count). The van der Waals surface area contributed by atoms with Crippen LogP contribution in [0.1, 0.15) is 53.7 Å². The van der Waals surface area contributed by atoms with E-state index in [1.165, 1.54) is 0 Å². The minimum atomic E-state index is -0.847. The Balaban J connectivity index is 1.97. The van der Waals surface area contributed by atoms with E-state index in [2.05, 4.69) is 16.4 Å².